The second kappa shape index (κ2) is 6.89. The zero-order valence-corrected chi connectivity index (χ0v) is 12.8. The molecule has 2 rings (SSSR count). The maximum atomic E-state index is 12.0. The molecule has 0 heterocycles. The van der Waals surface area contributed by atoms with Crippen molar-refractivity contribution >= 4 is 12.0 Å². The van der Waals surface area contributed by atoms with Crippen LogP contribution in [-0.4, -0.2) is 10.8 Å². The molecule has 0 N–H and O–H groups in total. The summed E-state index contributed by atoms with van der Waals surface area (Å²) in [6.07, 6.45) is 3.84. The van der Waals surface area contributed by atoms with E-state index in [-0.39, 0.29) is 11.9 Å². The number of amides is 1. The third kappa shape index (κ3) is 3.82. The quantitative estimate of drug-likeness (QED) is 0.802. The number of rotatable bonds is 4. The van der Waals surface area contributed by atoms with Crippen LogP contribution in [-0.2, 0) is 4.79 Å². The molecule has 0 aliphatic rings. The predicted molar refractivity (Wildman–Crippen MR) is 87.6 cm³/mol. The third-order valence-corrected chi connectivity index (χ3v) is 3.65. The monoisotopic (exact) mass is 279 g/mol. The first-order chi connectivity index (χ1) is 10.1. The number of hydrogen-bond acceptors (Lipinski definition) is 1. The van der Waals surface area contributed by atoms with E-state index >= 15 is 0 Å². The summed E-state index contributed by atoms with van der Waals surface area (Å²) in [7, 11) is 0. The van der Waals surface area contributed by atoms with Crippen LogP contribution in [0.4, 0.5) is 0 Å². The van der Waals surface area contributed by atoms with Gasteiger partial charge in [0.15, 0.2) is 0 Å². The Balaban J connectivity index is 2.25. The summed E-state index contributed by atoms with van der Waals surface area (Å²) in [6, 6.07) is 18.2. The lowest BCUT2D eigenvalue weighted by molar-refractivity contribution is -0.127. The van der Waals surface area contributed by atoms with Gasteiger partial charge in [-0.2, -0.15) is 0 Å². The Morgan fingerprint density at radius 3 is 2.29 bits per heavy atom. The van der Waals surface area contributed by atoms with Crippen molar-refractivity contribution in [2.75, 3.05) is 0 Å². The molecule has 1 atom stereocenters. The van der Waals surface area contributed by atoms with E-state index in [2.05, 4.69) is 26.0 Å². The fourth-order valence-corrected chi connectivity index (χ4v) is 2.44. The van der Waals surface area contributed by atoms with Gasteiger partial charge in [-0.3, -0.25) is 4.79 Å². The van der Waals surface area contributed by atoms with Crippen molar-refractivity contribution in [3.8, 4) is 0 Å². The molecule has 2 aromatic carbocycles. The summed E-state index contributed by atoms with van der Waals surface area (Å²) in [6.45, 7) is 5.73. The maximum Gasteiger partial charge on any atom is 0.223 e. The van der Waals surface area contributed by atoms with E-state index in [1.165, 1.54) is 11.1 Å². The van der Waals surface area contributed by atoms with Crippen LogP contribution in [0.15, 0.2) is 60.8 Å². The van der Waals surface area contributed by atoms with Gasteiger partial charge < -0.3 is 4.90 Å². The van der Waals surface area contributed by atoms with Gasteiger partial charge in [0.1, 0.15) is 0 Å². The van der Waals surface area contributed by atoms with Crippen molar-refractivity contribution in [1.29, 1.82) is 0 Å². The summed E-state index contributed by atoms with van der Waals surface area (Å²) < 4.78 is 0. The van der Waals surface area contributed by atoms with E-state index in [1.807, 2.05) is 54.7 Å². The molecule has 2 aromatic rings. The van der Waals surface area contributed by atoms with Gasteiger partial charge in [0.05, 0.1) is 6.04 Å². The molecule has 0 aromatic heterocycles. The minimum atomic E-state index is 0.0173. The van der Waals surface area contributed by atoms with Crippen molar-refractivity contribution in [2.45, 2.75) is 26.8 Å². The summed E-state index contributed by atoms with van der Waals surface area (Å²) in [5, 5.41) is 0. The van der Waals surface area contributed by atoms with Crippen LogP contribution < -0.4 is 0 Å². The van der Waals surface area contributed by atoms with Gasteiger partial charge in [-0.25, -0.2) is 0 Å². The molecule has 0 fully saturated rings. The highest BCUT2D eigenvalue weighted by Gasteiger charge is 2.17. The van der Waals surface area contributed by atoms with Crippen LogP contribution >= 0.6 is 0 Å². The second-order valence-corrected chi connectivity index (χ2v) is 5.19. The first-order valence-corrected chi connectivity index (χ1v) is 7.17. The van der Waals surface area contributed by atoms with Crippen LogP contribution in [0.5, 0.6) is 0 Å². The van der Waals surface area contributed by atoms with E-state index in [1.54, 1.807) is 11.8 Å². The van der Waals surface area contributed by atoms with Crippen LogP contribution in [0.1, 0.15) is 36.6 Å². The molecule has 0 radical (unpaired) electrons. The highest BCUT2D eigenvalue weighted by atomic mass is 16.2. The van der Waals surface area contributed by atoms with Crippen molar-refractivity contribution in [1.82, 2.24) is 4.90 Å². The van der Waals surface area contributed by atoms with E-state index in [9.17, 15) is 4.79 Å². The van der Waals surface area contributed by atoms with Gasteiger partial charge >= 0.3 is 0 Å². The third-order valence-electron chi connectivity index (χ3n) is 3.65. The Morgan fingerprint density at radius 1 is 1.05 bits per heavy atom. The van der Waals surface area contributed by atoms with E-state index in [0.29, 0.717) is 0 Å². The molecule has 0 saturated carbocycles. The molecule has 1 unspecified atom stereocenters. The van der Waals surface area contributed by atoms with Crippen molar-refractivity contribution in [3.63, 3.8) is 0 Å². The van der Waals surface area contributed by atoms with Gasteiger partial charge in [-0.15, -0.1) is 0 Å². The number of aryl methyl sites for hydroxylation is 1. The Hall–Kier alpha value is -2.35. The number of hydrogen-bond donors (Lipinski definition) is 0. The van der Waals surface area contributed by atoms with Gasteiger partial charge in [-0.05, 0) is 36.6 Å². The highest BCUT2D eigenvalue weighted by molar-refractivity contribution is 5.76. The number of benzene rings is 2. The molecule has 108 valence electrons. The van der Waals surface area contributed by atoms with Gasteiger partial charge in [0.25, 0.3) is 0 Å². The molecule has 0 spiro atoms. The van der Waals surface area contributed by atoms with Gasteiger partial charge in [0.2, 0.25) is 5.91 Å². The van der Waals surface area contributed by atoms with Gasteiger partial charge in [-0.1, -0.05) is 54.6 Å². The molecule has 2 nitrogen and oxygen atoms in total. The fourth-order valence-electron chi connectivity index (χ4n) is 2.44. The van der Waals surface area contributed by atoms with E-state index in [4.69, 9.17) is 0 Å². The Kier molecular flexibility index (Phi) is 4.94. The molecule has 21 heavy (non-hydrogen) atoms. The van der Waals surface area contributed by atoms with Crippen LogP contribution in [0.3, 0.4) is 0 Å². The molecule has 0 saturated heterocycles. The number of carbonyl (C=O) groups excluding carboxylic acids is 1. The van der Waals surface area contributed by atoms with E-state index in [0.717, 1.165) is 5.56 Å². The summed E-state index contributed by atoms with van der Waals surface area (Å²) in [5.41, 5.74) is 3.45. The smallest absolute Gasteiger partial charge is 0.223 e. The molecule has 2 heteroatoms. The predicted octanol–water partition coefficient (Wildman–Crippen LogP) is 4.58. The Bertz CT molecular complexity index is 631. The normalized spacial score (nSPS) is 12.3. The van der Waals surface area contributed by atoms with Crippen molar-refractivity contribution in [2.24, 2.45) is 0 Å². The number of nitrogens with zero attached hydrogens (tertiary/aromatic N) is 1. The zero-order valence-electron chi connectivity index (χ0n) is 12.8. The summed E-state index contributed by atoms with van der Waals surface area (Å²) >= 11 is 0. The maximum absolute atomic E-state index is 12.0. The van der Waals surface area contributed by atoms with Crippen molar-refractivity contribution < 1.29 is 4.79 Å². The average molecular weight is 279 g/mol. The average Bonchev–Trinajstić information content (AvgIpc) is 2.48. The topological polar surface area (TPSA) is 20.3 Å². The lowest BCUT2D eigenvalue weighted by Crippen LogP contribution is -2.26. The standard InChI is InChI=1S/C19H21NO/c1-15-9-7-8-12-19(15)16(2)20(17(3)21)14-13-18-10-5-4-6-11-18/h4-14,16H,1-3H3. The molecule has 0 aliphatic carbocycles. The first kappa shape index (κ1) is 15.0. The van der Waals surface area contributed by atoms with Crippen LogP contribution in [0, 0.1) is 6.92 Å². The molecule has 0 aliphatic heterocycles. The molecule has 0 bridgehead atoms. The van der Waals surface area contributed by atoms with E-state index < -0.39 is 0 Å². The summed E-state index contributed by atoms with van der Waals surface area (Å²) in [4.78, 5) is 13.7. The SMILES string of the molecule is CC(=O)N(C=Cc1ccccc1)C(C)c1ccccc1C. The lowest BCUT2D eigenvalue weighted by atomic mass is 10.0. The largest absolute Gasteiger partial charge is 0.312 e. The minimum absolute atomic E-state index is 0.0173. The Morgan fingerprint density at radius 2 is 1.67 bits per heavy atom. The fraction of sp³-hybridized carbons (Fsp3) is 0.211. The van der Waals surface area contributed by atoms with Crippen molar-refractivity contribution in [3.05, 3.63) is 77.5 Å². The highest BCUT2D eigenvalue weighted by Crippen LogP contribution is 2.24. The lowest BCUT2D eigenvalue weighted by Gasteiger charge is -2.26. The van der Waals surface area contributed by atoms with Crippen LogP contribution in [0.2, 0.25) is 0 Å². The Labute approximate surface area is 126 Å². The van der Waals surface area contributed by atoms with Gasteiger partial charge in [0, 0.05) is 13.1 Å². The molecular formula is C19H21NO. The number of carbonyl (C=O) groups is 1. The molecular weight excluding hydrogens is 258 g/mol. The second-order valence-electron chi connectivity index (χ2n) is 5.19. The summed E-state index contributed by atoms with van der Waals surface area (Å²) in [5.74, 6) is 0.0398. The van der Waals surface area contributed by atoms with Crippen LogP contribution in [0.25, 0.3) is 6.08 Å². The zero-order chi connectivity index (χ0) is 15.2. The molecule has 1 amide bonds. The first-order valence-electron chi connectivity index (χ1n) is 7.17. The minimum Gasteiger partial charge on any atom is -0.312 e.